The number of nitrogens with one attached hydrogen (secondary N) is 2. The zero-order valence-electron chi connectivity index (χ0n) is 21.8. The normalized spacial score (nSPS) is 12.7. The highest BCUT2D eigenvalue weighted by Crippen LogP contribution is 2.39. The molecule has 0 fully saturated rings. The van der Waals surface area contributed by atoms with Crippen molar-refractivity contribution in [2.75, 3.05) is 11.9 Å². The van der Waals surface area contributed by atoms with Crippen LogP contribution in [0.25, 0.3) is 0 Å². The molecular formula is C29H27F5N2O5. The van der Waals surface area contributed by atoms with E-state index in [4.69, 9.17) is 5.11 Å². The van der Waals surface area contributed by atoms with Crippen LogP contribution < -0.4 is 15.4 Å². The lowest BCUT2D eigenvalue weighted by Gasteiger charge is -2.28. The van der Waals surface area contributed by atoms with Crippen molar-refractivity contribution < 1.29 is 46.2 Å². The minimum absolute atomic E-state index is 0.0681. The van der Waals surface area contributed by atoms with Crippen LogP contribution in [0.3, 0.4) is 0 Å². The number of ether oxygens (including phenoxy) is 1. The molecule has 218 valence electrons. The zero-order valence-corrected chi connectivity index (χ0v) is 21.8. The third kappa shape index (κ3) is 9.02. The van der Waals surface area contributed by atoms with Crippen molar-refractivity contribution >= 4 is 23.5 Å². The summed E-state index contributed by atoms with van der Waals surface area (Å²) in [5, 5.41) is 13.6. The average Bonchev–Trinajstić information content (AvgIpc) is 2.90. The van der Waals surface area contributed by atoms with Gasteiger partial charge < -0.3 is 20.5 Å². The second kappa shape index (κ2) is 13.7. The van der Waals surface area contributed by atoms with Crippen LogP contribution in [-0.2, 0) is 9.59 Å². The van der Waals surface area contributed by atoms with E-state index in [9.17, 15) is 36.3 Å². The largest absolute Gasteiger partial charge is 0.573 e. The second-order valence-electron chi connectivity index (χ2n) is 9.12. The number of hydrogen-bond acceptors (Lipinski definition) is 4. The van der Waals surface area contributed by atoms with Crippen molar-refractivity contribution in [1.29, 1.82) is 0 Å². The third-order valence-electron chi connectivity index (χ3n) is 6.17. The molecule has 0 aliphatic heterocycles. The first kappa shape index (κ1) is 31.1. The Morgan fingerprint density at radius 1 is 0.927 bits per heavy atom. The molecule has 0 spiro atoms. The lowest BCUT2D eigenvalue weighted by atomic mass is 9.78. The number of anilines is 1. The number of carboxylic acids is 1. The maximum Gasteiger partial charge on any atom is 0.573 e. The molecule has 0 unspecified atom stereocenters. The number of carbonyl (C=O) groups excluding carboxylic acids is 2. The number of amides is 2. The molecule has 0 radical (unpaired) electrons. The van der Waals surface area contributed by atoms with Gasteiger partial charge in [0.1, 0.15) is 17.4 Å². The summed E-state index contributed by atoms with van der Waals surface area (Å²) in [4.78, 5) is 36.7. The number of carbonyl (C=O) groups is 3. The van der Waals surface area contributed by atoms with E-state index in [0.29, 0.717) is 24.0 Å². The Morgan fingerprint density at radius 2 is 1.56 bits per heavy atom. The summed E-state index contributed by atoms with van der Waals surface area (Å²) in [5.41, 5.74) is 0.735. The molecule has 0 saturated heterocycles. The van der Waals surface area contributed by atoms with Crippen LogP contribution in [0.2, 0.25) is 0 Å². The van der Waals surface area contributed by atoms with Gasteiger partial charge in [0.15, 0.2) is 0 Å². The summed E-state index contributed by atoms with van der Waals surface area (Å²) in [5.74, 6) is -6.10. The molecule has 3 aromatic carbocycles. The molecule has 12 heteroatoms. The van der Waals surface area contributed by atoms with Gasteiger partial charge >= 0.3 is 12.3 Å². The van der Waals surface area contributed by atoms with Gasteiger partial charge in [-0.3, -0.25) is 14.4 Å². The van der Waals surface area contributed by atoms with Gasteiger partial charge in [0, 0.05) is 18.2 Å². The van der Waals surface area contributed by atoms with Crippen LogP contribution >= 0.6 is 0 Å². The molecule has 0 aliphatic rings. The lowest BCUT2D eigenvalue weighted by molar-refractivity contribution is -0.274. The summed E-state index contributed by atoms with van der Waals surface area (Å²) in [6, 6.07) is 13.5. The quantitative estimate of drug-likeness (QED) is 0.217. The maximum atomic E-state index is 14.4. The number of halogens is 5. The van der Waals surface area contributed by atoms with E-state index in [1.165, 1.54) is 24.3 Å². The van der Waals surface area contributed by atoms with Crippen molar-refractivity contribution in [3.05, 3.63) is 95.1 Å². The van der Waals surface area contributed by atoms with Gasteiger partial charge in [-0.2, -0.15) is 0 Å². The van der Waals surface area contributed by atoms with E-state index in [1.807, 2.05) is 6.92 Å². The summed E-state index contributed by atoms with van der Waals surface area (Å²) < 4.78 is 70.1. The number of benzene rings is 3. The maximum absolute atomic E-state index is 14.4. The molecule has 0 aromatic heterocycles. The topological polar surface area (TPSA) is 105 Å². The Kier molecular flexibility index (Phi) is 10.4. The molecule has 3 rings (SSSR count). The van der Waals surface area contributed by atoms with Gasteiger partial charge in [-0.25, -0.2) is 8.78 Å². The SMILES string of the molecule is CCC[C@@H](c1ccc(C(=O)NCCC(=O)O)cc1)[C@H](C(=O)Nc1cc(F)ccc1F)c1ccc(OC(F)(F)F)cc1. The number of carboxylic acid groups (broad SMARTS) is 1. The molecule has 2 atom stereocenters. The van der Waals surface area contributed by atoms with Crippen LogP contribution in [0.4, 0.5) is 27.6 Å². The summed E-state index contributed by atoms with van der Waals surface area (Å²) in [6.45, 7) is 1.79. The lowest BCUT2D eigenvalue weighted by Crippen LogP contribution is -2.28. The first-order valence-corrected chi connectivity index (χ1v) is 12.6. The Bertz CT molecular complexity index is 1360. The Balaban J connectivity index is 1.97. The van der Waals surface area contributed by atoms with E-state index >= 15 is 0 Å². The summed E-state index contributed by atoms with van der Waals surface area (Å²) in [7, 11) is 0. The molecule has 0 bridgehead atoms. The molecule has 41 heavy (non-hydrogen) atoms. The standard InChI is InChI=1S/C29H27F5N2O5/c1-2-3-22(17-4-6-19(7-5-17)27(39)35-15-14-25(37)38)26(18-8-11-21(12-9-18)41-29(32,33)34)28(40)36-24-16-20(30)10-13-23(24)31/h4-13,16,22,26H,2-3,14-15H2,1H3,(H,35,39)(H,36,40)(H,37,38)/t22-,26+/m0/s1. The van der Waals surface area contributed by atoms with Crippen molar-refractivity contribution in [2.45, 2.75) is 44.4 Å². The number of alkyl halides is 3. The minimum atomic E-state index is -4.92. The van der Waals surface area contributed by atoms with Crippen molar-refractivity contribution in [2.24, 2.45) is 0 Å². The molecular weight excluding hydrogens is 551 g/mol. The fourth-order valence-corrected chi connectivity index (χ4v) is 4.35. The highest BCUT2D eigenvalue weighted by Gasteiger charge is 2.33. The van der Waals surface area contributed by atoms with Gasteiger partial charge in [0.05, 0.1) is 18.0 Å². The first-order chi connectivity index (χ1) is 19.4. The second-order valence-corrected chi connectivity index (χ2v) is 9.12. The zero-order chi connectivity index (χ0) is 30.2. The van der Waals surface area contributed by atoms with E-state index in [-0.39, 0.29) is 18.5 Å². The molecule has 2 amide bonds. The molecule has 7 nitrogen and oxygen atoms in total. The van der Waals surface area contributed by atoms with E-state index in [1.54, 1.807) is 12.1 Å². The average molecular weight is 579 g/mol. The fraction of sp³-hybridized carbons (Fsp3) is 0.276. The van der Waals surface area contributed by atoms with Gasteiger partial charge in [-0.1, -0.05) is 37.6 Å². The van der Waals surface area contributed by atoms with Crippen LogP contribution in [-0.4, -0.2) is 35.8 Å². The molecule has 0 heterocycles. The third-order valence-corrected chi connectivity index (χ3v) is 6.17. The Hall–Kier alpha value is -4.48. The Labute approximate surface area is 232 Å². The molecule has 3 aromatic rings. The monoisotopic (exact) mass is 578 g/mol. The van der Waals surface area contributed by atoms with Crippen molar-refractivity contribution in [3.63, 3.8) is 0 Å². The van der Waals surface area contributed by atoms with Gasteiger partial charge in [-0.15, -0.1) is 13.2 Å². The number of hydrogen-bond donors (Lipinski definition) is 3. The fourth-order valence-electron chi connectivity index (χ4n) is 4.35. The molecule has 0 aliphatic carbocycles. The number of aliphatic carboxylic acids is 1. The summed E-state index contributed by atoms with van der Waals surface area (Å²) >= 11 is 0. The first-order valence-electron chi connectivity index (χ1n) is 12.6. The Morgan fingerprint density at radius 3 is 2.15 bits per heavy atom. The predicted molar refractivity (Wildman–Crippen MR) is 140 cm³/mol. The molecule has 3 N–H and O–H groups in total. The van der Waals surface area contributed by atoms with Crippen molar-refractivity contribution in [3.8, 4) is 5.75 Å². The predicted octanol–water partition coefficient (Wildman–Crippen LogP) is 6.37. The van der Waals surface area contributed by atoms with Crippen LogP contribution in [0, 0.1) is 11.6 Å². The summed E-state index contributed by atoms with van der Waals surface area (Å²) in [6.07, 6.45) is -4.18. The van der Waals surface area contributed by atoms with Crippen LogP contribution in [0.1, 0.15) is 59.5 Å². The highest BCUT2D eigenvalue weighted by atomic mass is 19.4. The van der Waals surface area contributed by atoms with Crippen LogP contribution in [0.15, 0.2) is 66.7 Å². The van der Waals surface area contributed by atoms with Gasteiger partial charge in [0.25, 0.3) is 5.91 Å². The van der Waals surface area contributed by atoms with E-state index < -0.39 is 59.1 Å². The molecule has 0 saturated carbocycles. The van der Waals surface area contributed by atoms with Gasteiger partial charge in [-0.05, 0) is 59.9 Å². The van der Waals surface area contributed by atoms with Crippen molar-refractivity contribution in [1.82, 2.24) is 5.32 Å². The van der Waals surface area contributed by atoms with Gasteiger partial charge in [0.2, 0.25) is 5.91 Å². The minimum Gasteiger partial charge on any atom is -0.481 e. The van der Waals surface area contributed by atoms with Crippen LogP contribution in [0.5, 0.6) is 5.75 Å². The smallest absolute Gasteiger partial charge is 0.481 e. The van der Waals surface area contributed by atoms with E-state index in [0.717, 1.165) is 30.3 Å². The van der Waals surface area contributed by atoms with E-state index in [2.05, 4.69) is 15.4 Å². The number of rotatable bonds is 12. The highest BCUT2D eigenvalue weighted by molar-refractivity contribution is 5.97.